The van der Waals surface area contributed by atoms with Crippen molar-refractivity contribution < 1.29 is 4.39 Å². The van der Waals surface area contributed by atoms with E-state index in [4.69, 9.17) is 5.26 Å². The summed E-state index contributed by atoms with van der Waals surface area (Å²) in [4.78, 5) is 0. The van der Waals surface area contributed by atoms with Gasteiger partial charge in [-0.3, -0.25) is 0 Å². The number of hydrogen-bond acceptors (Lipinski definition) is 1. The number of aryl methyl sites for hydroxylation is 5. The molecule has 1 nitrogen and oxygen atoms in total. The van der Waals surface area contributed by atoms with Gasteiger partial charge in [-0.25, -0.2) is 4.39 Å². The highest BCUT2D eigenvalue weighted by molar-refractivity contribution is 5.84. The van der Waals surface area contributed by atoms with Crippen LogP contribution in [0, 0.1) is 17.1 Å². The summed E-state index contributed by atoms with van der Waals surface area (Å²) in [7, 11) is 0. The van der Waals surface area contributed by atoms with Crippen LogP contribution in [0.25, 0.3) is 10.8 Å². The van der Waals surface area contributed by atoms with Crippen LogP contribution in [0.15, 0.2) is 91.0 Å². The van der Waals surface area contributed by atoms with E-state index in [1.165, 1.54) is 16.7 Å². The fourth-order valence-electron chi connectivity index (χ4n) is 4.34. The van der Waals surface area contributed by atoms with Crippen LogP contribution in [-0.4, -0.2) is 0 Å². The molecule has 0 atom stereocenters. The number of hydrogen-bond donors (Lipinski definition) is 0. The van der Waals surface area contributed by atoms with Crippen molar-refractivity contribution in [1.82, 2.24) is 0 Å². The van der Waals surface area contributed by atoms with E-state index >= 15 is 4.39 Å². The van der Waals surface area contributed by atoms with E-state index in [1.54, 1.807) is 0 Å². The summed E-state index contributed by atoms with van der Waals surface area (Å²) in [5, 5.41) is 10.6. The van der Waals surface area contributed by atoms with E-state index < -0.39 is 0 Å². The fraction of sp³-hybridized carbons (Fsp3) is 0.219. The summed E-state index contributed by atoms with van der Waals surface area (Å²) in [5.74, 6) is -0.119. The zero-order chi connectivity index (χ0) is 23.8. The first-order valence-electron chi connectivity index (χ1n) is 12.0. The van der Waals surface area contributed by atoms with E-state index in [-0.39, 0.29) is 5.82 Å². The zero-order valence-electron chi connectivity index (χ0n) is 19.7. The Morgan fingerprint density at radius 2 is 1.29 bits per heavy atom. The molecule has 0 amide bonds. The number of nitriles is 1. The topological polar surface area (TPSA) is 23.8 Å². The van der Waals surface area contributed by atoms with Crippen LogP contribution in [0.4, 0.5) is 4.39 Å². The van der Waals surface area contributed by atoms with Gasteiger partial charge < -0.3 is 0 Å². The van der Waals surface area contributed by atoms with Crippen LogP contribution >= 0.6 is 0 Å². The highest BCUT2D eigenvalue weighted by Gasteiger charge is 2.09. The number of fused-ring (bicyclic) bond motifs is 1. The maximum Gasteiger partial charge on any atom is 0.134 e. The number of benzene rings is 4. The minimum Gasteiger partial charge on any atom is -0.206 e. The lowest BCUT2D eigenvalue weighted by Crippen LogP contribution is -1.97. The van der Waals surface area contributed by atoms with Crippen molar-refractivity contribution in [2.24, 2.45) is 0 Å². The number of rotatable bonds is 9. The third kappa shape index (κ3) is 6.00. The van der Waals surface area contributed by atoms with Crippen molar-refractivity contribution in [3.8, 4) is 6.07 Å². The van der Waals surface area contributed by atoms with Crippen molar-refractivity contribution in [2.45, 2.75) is 45.4 Å². The summed E-state index contributed by atoms with van der Waals surface area (Å²) in [5.41, 5.74) is 6.43. The molecule has 0 fully saturated rings. The highest BCUT2D eigenvalue weighted by atomic mass is 19.1. The zero-order valence-corrected chi connectivity index (χ0v) is 19.7. The molecule has 0 unspecified atom stereocenters. The average Bonchev–Trinajstić information content (AvgIpc) is 2.88. The van der Waals surface area contributed by atoms with Crippen molar-refractivity contribution in [1.29, 1.82) is 5.26 Å². The predicted octanol–water partition coefficient (Wildman–Crippen LogP) is 7.93. The smallest absolute Gasteiger partial charge is 0.134 e. The van der Waals surface area contributed by atoms with E-state index in [0.717, 1.165) is 48.6 Å². The summed E-state index contributed by atoms with van der Waals surface area (Å²) < 4.78 is 15.2. The van der Waals surface area contributed by atoms with Gasteiger partial charge in [0.2, 0.25) is 0 Å². The molecule has 0 aliphatic rings. The number of nitrogens with zero attached hydrogens (tertiary/aromatic N) is 1. The van der Waals surface area contributed by atoms with Crippen molar-refractivity contribution in [2.75, 3.05) is 0 Å². The minimum atomic E-state index is -0.119. The van der Waals surface area contributed by atoms with Crippen LogP contribution in [0.1, 0.15) is 46.7 Å². The molecule has 0 heterocycles. The standard InChI is InChI=1S/C32H30FN/c1-2-3-4-5-24-6-8-25(9-7-24)10-13-27-17-21-31-30(22-27)20-19-29(32(31)33)18-16-26-11-14-28(23-34)15-12-26/h2-3,6-9,11-12,14-15,17,19-22H,4-5,10,13,16,18H2,1H3/b3-2+. The Kier molecular flexibility index (Phi) is 7.89. The molecule has 2 heteroatoms. The Bertz CT molecular complexity index is 1310. The first kappa shape index (κ1) is 23.5. The van der Waals surface area contributed by atoms with Crippen molar-refractivity contribution in [3.05, 3.63) is 130 Å². The molecule has 34 heavy (non-hydrogen) atoms. The second kappa shape index (κ2) is 11.4. The quantitative estimate of drug-likeness (QED) is 0.239. The Morgan fingerprint density at radius 3 is 1.97 bits per heavy atom. The molecule has 0 aromatic heterocycles. The SMILES string of the molecule is C/C=C/CCc1ccc(CCc2ccc3c(F)c(CCc4ccc(C#N)cc4)ccc3c2)cc1. The van der Waals surface area contributed by atoms with Gasteiger partial charge in [0, 0.05) is 5.39 Å². The average molecular weight is 448 g/mol. The maximum atomic E-state index is 15.2. The normalized spacial score (nSPS) is 11.2. The molecule has 0 aliphatic heterocycles. The van der Waals surface area contributed by atoms with Gasteiger partial charge in [0.1, 0.15) is 5.82 Å². The van der Waals surface area contributed by atoms with Gasteiger partial charge in [-0.2, -0.15) is 5.26 Å². The summed E-state index contributed by atoms with van der Waals surface area (Å²) in [6, 6.07) is 28.6. The second-order valence-electron chi connectivity index (χ2n) is 8.83. The third-order valence-electron chi connectivity index (χ3n) is 6.43. The lowest BCUT2D eigenvalue weighted by molar-refractivity contribution is 0.620. The molecule has 4 aromatic rings. The van der Waals surface area contributed by atoms with E-state index in [9.17, 15) is 0 Å². The Balaban J connectivity index is 1.38. The largest absolute Gasteiger partial charge is 0.206 e. The van der Waals surface area contributed by atoms with Crippen molar-refractivity contribution in [3.63, 3.8) is 0 Å². The molecular formula is C32H30FN. The van der Waals surface area contributed by atoms with Crippen LogP contribution in [0.2, 0.25) is 0 Å². The molecule has 0 saturated carbocycles. The molecule has 4 rings (SSSR count). The molecule has 0 saturated heterocycles. The molecule has 0 bridgehead atoms. The number of allylic oxidation sites excluding steroid dienone is 2. The highest BCUT2D eigenvalue weighted by Crippen LogP contribution is 2.24. The van der Waals surface area contributed by atoms with Gasteiger partial charge in [-0.15, -0.1) is 0 Å². The summed E-state index contributed by atoms with van der Waals surface area (Å²) in [6.45, 7) is 2.06. The molecule has 0 radical (unpaired) electrons. The van der Waals surface area contributed by atoms with Crippen molar-refractivity contribution >= 4 is 10.8 Å². The molecule has 0 aliphatic carbocycles. The Labute approximate surface area is 202 Å². The molecular weight excluding hydrogens is 417 g/mol. The lowest BCUT2D eigenvalue weighted by atomic mass is 9.97. The molecule has 4 aromatic carbocycles. The molecule has 170 valence electrons. The third-order valence-corrected chi connectivity index (χ3v) is 6.43. The summed E-state index contributed by atoms with van der Waals surface area (Å²) >= 11 is 0. The van der Waals surface area contributed by atoms with Crippen LogP contribution < -0.4 is 0 Å². The molecule has 0 N–H and O–H groups in total. The molecule has 0 spiro atoms. The van der Waals surface area contributed by atoms with E-state index in [1.807, 2.05) is 42.5 Å². The maximum absolute atomic E-state index is 15.2. The lowest BCUT2D eigenvalue weighted by Gasteiger charge is -2.09. The van der Waals surface area contributed by atoms with Gasteiger partial charge in [-0.05, 0) is 90.8 Å². The second-order valence-corrected chi connectivity index (χ2v) is 8.83. The summed E-state index contributed by atoms with van der Waals surface area (Å²) in [6.07, 6.45) is 9.77. The van der Waals surface area contributed by atoms with Crippen LogP contribution in [0.3, 0.4) is 0 Å². The fourth-order valence-corrected chi connectivity index (χ4v) is 4.34. The first-order chi connectivity index (χ1) is 16.7. The van der Waals surface area contributed by atoms with Crippen LogP contribution in [-0.2, 0) is 32.1 Å². The van der Waals surface area contributed by atoms with E-state index in [2.05, 4.69) is 61.5 Å². The van der Waals surface area contributed by atoms with Gasteiger partial charge in [0.15, 0.2) is 0 Å². The van der Waals surface area contributed by atoms with Crippen LogP contribution in [0.5, 0.6) is 0 Å². The van der Waals surface area contributed by atoms with E-state index in [0.29, 0.717) is 17.4 Å². The monoisotopic (exact) mass is 447 g/mol. The van der Waals surface area contributed by atoms with Gasteiger partial charge in [-0.1, -0.05) is 78.9 Å². The van der Waals surface area contributed by atoms with Gasteiger partial charge >= 0.3 is 0 Å². The Morgan fingerprint density at radius 1 is 0.706 bits per heavy atom. The minimum absolute atomic E-state index is 0.119. The first-order valence-corrected chi connectivity index (χ1v) is 12.0. The van der Waals surface area contributed by atoms with Gasteiger partial charge in [0.05, 0.1) is 11.6 Å². The van der Waals surface area contributed by atoms with Gasteiger partial charge in [0.25, 0.3) is 0 Å². The number of halogens is 1. The Hall–Kier alpha value is -3.70. The predicted molar refractivity (Wildman–Crippen MR) is 139 cm³/mol.